The van der Waals surface area contributed by atoms with Gasteiger partial charge in [0.2, 0.25) is 0 Å². The van der Waals surface area contributed by atoms with Gasteiger partial charge in [0, 0.05) is 18.3 Å². The van der Waals surface area contributed by atoms with Gasteiger partial charge in [-0.3, -0.25) is 10.1 Å². The van der Waals surface area contributed by atoms with E-state index in [1.165, 1.54) is 24.3 Å². The van der Waals surface area contributed by atoms with E-state index >= 15 is 0 Å². The van der Waals surface area contributed by atoms with E-state index in [1.807, 2.05) is 0 Å². The predicted octanol–water partition coefficient (Wildman–Crippen LogP) is 3.83. The largest absolute Gasteiger partial charge is 0.491 e. The highest BCUT2D eigenvalue weighted by atomic mass is 35.5. The molecule has 0 fully saturated rings. The third kappa shape index (κ3) is 6.80. The summed E-state index contributed by atoms with van der Waals surface area (Å²) in [4.78, 5) is 21.9. The normalized spacial score (nSPS) is 12.2. The molecular weight excluding hydrogens is 419 g/mol. The maximum atomic E-state index is 12.6. The van der Waals surface area contributed by atoms with Crippen LogP contribution in [0, 0.1) is 10.1 Å². The Morgan fingerprint density at radius 3 is 2.66 bits per heavy atom. The van der Waals surface area contributed by atoms with Crippen molar-refractivity contribution in [3.8, 4) is 5.75 Å². The molecule has 3 N–H and O–H groups in total. The van der Waals surface area contributed by atoms with E-state index < -0.39 is 28.8 Å². The molecule has 0 aliphatic rings. The van der Waals surface area contributed by atoms with Gasteiger partial charge in [0.25, 0.3) is 5.69 Å². The Morgan fingerprint density at radius 1 is 1.28 bits per heavy atom. The zero-order chi connectivity index (χ0) is 21.6. The van der Waals surface area contributed by atoms with Crippen LogP contribution in [0.5, 0.6) is 5.75 Å². The Hall–Kier alpha value is -3.05. The Bertz CT molecular complexity index is 895. The second-order valence-corrected chi connectivity index (χ2v) is 6.16. The number of nitro benzene ring substituents is 1. The van der Waals surface area contributed by atoms with Crippen LogP contribution in [0.4, 0.5) is 29.3 Å². The number of carbonyl (C=O) groups is 1. The topological polar surface area (TPSA) is 114 Å². The van der Waals surface area contributed by atoms with Crippen molar-refractivity contribution in [3.63, 3.8) is 0 Å². The number of urea groups is 1. The van der Waals surface area contributed by atoms with Gasteiger partial charge in [0.1, 0.15) is 23.5 Å². The number of amides is 2. The minimum Gasteiger partial charge on any atom is -0.491 e. The van der Waals surface area contributed by atoms with Crippen LogP contribution >= 0.6 is 11.6 Å². The van der Waals surface area contributed by atoms with Crippen molar-refractivity contribution in [3.05, 3.63) is 63.2 Å². The summed E-state index contributed by atoms with van der Waals surface area (Å²) in [6.45, 7) is -0.644. The highest BCUT2D eigenvalue weighted by molar-refractivity contribution is 6.32. The van der Waals surface area contributed by atoms with Crippen molar-refractivity contribution in [2.24, 2.45) is 0 Å². The van der Waals surface area contributed by atoms with Crippen LogP contribution in [-0.2, 0) is 6.18 Å². The SMILES string of the molecule is O=C(NCC(O)COc1cccc(C(F)(F)F)c1)Nc1ccc(Cl)c([N+](=O)[O-])c1. The molecule has 0 radical (unpaired) electrons. The third-order valence-corrected chi connectivity index (χ3v) is 3.82. The van der Waals surface area contributed by atoms with E-state index in [4.69, 9.17) is 16.3 Å². The van der Waals surface area contributed by atoms with Crippen LogP contribution in [0.3, 0.4) is 0 Å². The molecule has 8 nitrogen and oxygen atoms in total. The monoisotopic (exact) mass is 433 g/mol. The maximum Gasteiger partial charge on any atom is 0.416 e. The number of rotatable bonds is 7. The molecular formula is C17H15ClF3N3O5. The highest BCUT2D eigenvalue weighted by Gasteiger charge is 2.30. The lowest BCUT2D eigenvalue weighted by atomic mass is 10.2. The number of aliphatic hydroxyl groups is 1. The Labute approximate surface area is 167 Å². The van der Waals surface area contributed by atoms with E-state index in [2.05, 4.69) is 10.6 Å². The standard InChI is InChI=1S/C17H15ClF3N3O5/c18-14-5-4-11(7-15(14)24(27)28)23-16(26)22-8-12(25)9-29-13-3-1-2-10(6-13)17(19,20)21/h1-7,12,25H,8-9H2,(H2,22,23,26). The Kier molecular flexibility index (Phi) is 7.23. The van der Waals surface area contributed by atoms with Crippen molar-refractivity contribution >= 4 is 29.0 Å². The summed E-state index contributed by atoms with van der Waals surface area (Å²) in [6, 6.07) is 7.04. The van der Waals surface area contributed by atoms with E-state index in [0.717, 1.165) is 18.2 Å². The van der Waals surface area contributed by atoms with Crippen LogP contribution in [0.25, 0.3) is 0 Å². The van der Waals surface area contributed by atoms with Crippen molar-refractivity contribution in [1.82, 2.24) is 5.32 Å². The average Bonchev–Trinajstić information content (AvgIpc) is 2.65. The third-order valence-electron chi connectivity index (χ3n) is 3.50. The smallest absolute Gasteiger partial charge is 0.416 e. The summed E-state index contributed by atoms with van der Waals surface area (Å²) in [5, 5.41) is 25.2. The summed E-state index contributed by atoms with van der Waals surface area (Å²) in [5.74, 6) is -0.0863. The van der Waals surface area contributed by atoms with Gasteiger partial charge in [0.15, 0.2) is 0 Å². The van der Waals surface area contributed by atoms with Crippen LogP contribution in [0.2, 0.25) is 5.02 Å². The fraction of sp³-hybridized carbons (Fsp3) is 0.235. The number of nitrogens with one attached hydrogen (secondary N) is 2. The van der Waals surface area contributed by atoms with Crippen LogP contribution in [0.15, 0.2) is 42.5 Å². The van der Waals surface area contributed by atoms with Crippen LogP contribution in [0.1, 0.15) is 5.56 Å². The van der Waals surface area contributed by atoms with E-state index in [1.54, 1.807) is 0 Å². The van der Waals surface area contributed by atoms with Gasteiger partial charge in [-0.05, 0) is 30.3 Å². The number of anilines is 1. The lowest BCUT2D eigenvalue weighted by molar-refractivity contribution is -0.384. The summed E-state index contributed by atoms with van der Waals surface area (Å²) in [5.41, 5.74) is -1.17. The number of aliphatic hydroxyl groups excluding tert-OH is 1. The molecule has 0 saturated carbocycles. The van der Waals surface area contributed by atoms with Crippen molar-refractivity contribution in [2.45, 2.75) is 12.3 Å². The molecule has 29 heavy (non-hydrogen) atoms. The molecule has 0 aliphatic heterocycles. The first-order valence-electron chi connectivity index (χ1n) is 8.03. The second kappa shape index (κ2) is 9.43. The fourth-order valence-electron chi connectivity index (χ4n) is 2.13. The molecule has 2 rings (SSSR count). The van der Waals surface area contributed by atoms with Gasteiger partial charge in [-0.25, -0.2) is 4.79 Å². The lowest BCUT2D eigenvalue weighted by Crippen LogP contribution is -2.37. The molecule has 0 spiro atoms. The van der Waals surface area contributed by atoms with Gasteiger partial charge in [-0.15, -0.1) is 0 Å². The summed E-state index contributed by atoms with van der Waals surface area (Å²) in [6.07, 6.45) is -5.73. The number of ether oxygens (including phenoxy) is 1. The molecule has 12 heteroatoms. The average molecular weight is 434 g/mol. The molecule has 2 aromatic carbocycles. The van der Waals surface area contributed by atoms with Gasteiger partial charge >= 0.3 is 12.2 Å². The Morgan fingerprint density at radius 2 is 2.00 bits per heavy atom. The minimum absolute atomic E-state index is 0.0863. The predicted molar refractivity (Wildman–Crippen MR) is 98.1 cm³/mol. The molecule has 2 amide bonds. The number of carbonyl (C=O) groups excluding carboxylic acids is 1. The number of benzene rings is 2. The zero-order valence-electron chi connectivity index (χ0n) is 14.6. The number of nitro groups is 1. The van der Waals surface area contributed by atoms with Crippen molar-refractivity contribution in [2.75, 3.05) is 18.5 Å². The zero-order valence-corrected chi connectivity index (χ0v) is 15.3. The molecule has 2 aromatic rings. The molecule has 0 aliphatic carbocycles. The first-order valence-corrected chi connectivity index (χ1v) is 8.41. The van der Waals surface area contributed by atoms with Crippen molar-refractivity contribution in [1.29, 1.82) is 0 Å². The highest BCUT2D eigenvalue weighted by Crippen LogP contribution is 2.31. The quantitative estimate of drug-likeness (QED) is 0.453. The van der Waals surface area contributed by atoms with Gasteiger partial charge in [0.05, 0.1) is 10.5 Å². The van der Waals surface area contributed by atoms with Crippen LogP contribution in [-0.4, -0.2) is 35.3 Å². The molecule has 0 bridgehead atoms. The minimum atomic E-state index is -4.52. The number of halogens is 4. The summed E-state index contributed by atoms with van der Waals surface area (Å²) >= 11 is 5.67. The molecule has 1 atom stereocenters. The lowest BCUT2D eigenvalue weighted by Gasteiger charge is -2.15. The molecule has 0 heterocycles. The fourth-order valence-corrected chi connectivity index (χ4v) is 2.32. The van der Waals surface area contributed by atoms with Crippen molar-refractivity contribution < 1.29 is 32.7 Å². The number of hydrogen-bond acceptors (Lipinski definition) is 5. The number of alkyl halides is 3. The molecule has 1 unspecified atom stereocenters. The molecule has 0 saturated heterocycles. The van der Waals surface area contributed by atoms with Gasteiger partial charge in [-0.1, -0.05) is 17.7 Å². The number of nitrogens with zero attached hydrogens (tertiary/aromatic N) is 1. The Balaban J connectivity index is 1.82. The van der Waals surface area contributed by atoms with Gasteiger partial charge in [-0.2, -0.15) is 13.2 Å². The second-order valence-electron chi connectivity index (χ2n) is 5.75. The number of hydrogen-bond donors (Lipinski definition) is 3. The summed E-state index contributed by atoms with van der Waals surface area (Å²) < 4.78 is 43.0. The first kappa shape index (κ1) is 22.2. The molecule has 156 valence electrons. The van der Waals surface area contributed by atoms with Gasteiger partial charge < -0.3 is 20.5 Å². The summed E-state index contributed by atoms with van der Waals surface area (Å²) in [7, 11) is 0. The van der Waals surface area contributed by atoms with Crippen LogP contribution < -0.4 is 15.4 Å². The van der Waals surface area contributed by atoms with E-state index in [9.17, 15) is 33.2 Å². The molecule has 0 aromatic heterocycles. The first-order chi connectivity index (χ1) is 13.6. The van der Waals surface area contributed by atoms with E-state index in [-0.39, 0.29) is 35.3 Å². The maximum absolute atomic E-state index is 12.6. The van der Waals surface area contributed by atoms with E-state index in [0.29, 0.717) is 0 Å².